The largest absolute Gasteiger partial charge is 0.320 e. The fourth-order valence-corrected chi connectivity index (χ4v) is 3.60. The first-order chi connectivity index (χ1) is 8.24. The van der Waals surface area contributed by atoms with Crippen molar-refractivity contribution in [3.63, 3.8) is 0 Å². The second kappa shape index (κ2) is 3.95. The summed E-state index contributed by atoms with van der Waals surface area (Å²) in [6.45, 7) is 1.42. The molecule has 4 heteroatoms. The van der Waals surface area contributed by atoms with Crippen LogP contribution in [0, 0.1) is 23.7 Å². The van der Waals surface area contributed by atoms with E-state index < -0.39 is 0 Å². The summed E-state index contributed by atoms with van der Waals surface area (Å²) in [7, 11) is 1.88. The number of amides is 2. The van der Waals surface area contributed by atoms with Gasteiger partial charge in [-0.2, -0.15) is 0 Å². The molecule has 2 bridgehead atoms. The van der Waals surface area contributed by atoms with Crippen LogP contribution in [0.15, 0.2) is 12.2 Å². The van der Waals surface area contributed by atoms with Crippen LogP contribution in [0.3, 0.4) is 0 Å². The molecule has 2 amide bonds. The van der Waals surface area contributed by atoms with E-state index in [-0.39, 0.29) is 23.7 Å². The van der Waals surface area contributed by atoms with Crippen molar-refractivity contribution < 1.29 is 9.59 Å². The molecule has 0 spiro atoms. The Hall–Kier alpha value is -1.16. The highest BCUT2D eigenvalue weighted by Crippen LogP contribution is 2.52. The zero-order valence-corrected chi connectivity index (χ0v) is 10.1. The van der Waals surface area contributed by atoms with Crippen LogP contribution < -0.4 is 5.32 Å². The van der Waals surface area contributed by atoms with Crippen LogP contribution in [0.2, 0.25) is 0 Å². The minimum atomic E-state index is -0.0351. The van der Waals surface area contributed by atoms with Gasteiger partial charge in [-0.05, 0) is 38.3 Å². The van der Waals surface area contributed by atoms with Gasteiger partial charge in [0, 0.05) is 6.54 Å². The average Bonchev–Trinajstić information content (AvgIpc) is 2.97. The number of hydrogen-bond donors (Lipinski definition) is 1. The Bertz CT molecular complexity index is 361. The lowest BCUT2D eigenvalue weighted by molar-refractivity contribution is -0.140. The first-order valence-electron chi connectivity index (χ1n) is 6.42. The van der Waals surface area contributed by atoms with E-state index in [0.717, 1.165) is 19.4 Å². The summed E-state index contributed by atoms with van der Waals surface area (Å²) in [6.07, 6.45) is 6.12. The molecule has 92 valence electrons. The Kier molecular flexibility index (Phi) is 2.54. The van der Waals surface area contributed by atoms with Crippen molar-refractivity contribution in [1.82, 2.24) is 10.2 Å². The lowest BCUT2D eigenvalue weighted by Gasteiger charge is -2.16. The van der Waals surface area contributed by atoms with Gasteiger partial charge in [0.15, 0.2) is 0 Å². The third-order valence-electron chi connectivity index (χ3n) is 4.37. The molecule has 0 radical (unpaired) electrons. The molecule has 4 nitrogen and oxygen atoms in total. The van der Waals surface area contributed by atoms with Gasteiger partial charge in [-0.1, -0.05) is 12.2 Å². The zero-order valence-electron chi connectivity index (χ0n) is 10.1. The standard InChI is InChI=1S/C13H18N2O2/c1-14-5-2-6-15-12(16)10-8-3-4-9(7-8)11(10)13(15)17/h3-4,8-11,14H,2,5-7H2,1H3. The average molecular weight is 234 g/mol. The minimum Gasteiger partial charge on any atom is -0.320 e. The van der Waals surface area contributed by atoms with E-state index in [9.17, 15) is 9.59 Å². The monoisotopic (exact) mass is 234 g/mol. The lowest BCUT2D eigenvalue weighted by atomic mass is 9.85. The molecular formula is C13H18N2O2. The smallest absolute Gasteiger partial charge is 0.233 e. The quantitative estimate of drug-likeness (QED) is 0.435. The molecule has 1 saturated heterocycles. The molecule has 2 fully saturated rings. The van der Waals surface area contributed by atoms with Crippen molar-refractivity contribution in [2.75, 3.05) is 20.1 Å². The highest BCUT2D eigenvalue weighted by molar-refractivity contribution is 6.06. The minimum absolute atomic E-state index is 0.0351. The Morgan fingerprint density at radius 1 is 1.24 bits per heavy atom. The Balaban J connectivity index is 1.74. The fourth-order valence-electron chi connectivity index (χ4n) is 3.60. The Morgan fingerprint density at radius 2 is 1.82 bits per heavy atom. The van der Waals surface area contributed by atoms with Crippen LogP contribution in [-0.4, -0.2) is 36.9 Å². The van der Waals surface area contributed by atoms with E-state index >= 15 is 0 Å². The van der Waals surface area contributed by atoms with Gasteiger partial charge in [-0.15, -0.1) is 0 Å². The predicted octanol–water partition coefficient (Wildman–Crippen LogP) is 0.403. The summed E-state index contributed by atoms with van der Waals surface area (Å²) in [5.41, 5.74) is 0. The SMILES string of the molecule is CNCCCN1C(=O)C2C3C=CC(C3)C2C1=O. The first kappa shape index (κ1) is 11.0. The number of likely N-dealkylation sites (tertiary alicyclic amines) is 1. The summed E-state index contributed by atoms with van der Waals surface area (Å²) in [5.74, 6) is 0.742. The van der Waals surface area contributed by atoms with Crippen LogP contribution in [-0.2, 0) is 9.59 Å². The van der Waals surface area contributed by atoms with E-state index in [1.807, 2.05) is 7.05 Å². The van der Waals surface area contributed by atoms with Crippen molar-refractivity contribution in [2.24, 2.45) is 23.7 Å². The lowest BCUT2D eigenvalue weighted by Crippen LogP contribution is -2.34. The molecule has 1 saturated carbocycles. The number of carbonyl (C=O) groups is 2. The molecule has 4 unspecified atom stereocenters. The Morgan fingerprint density at radius 3 is 2.35 bits per heavy atom. The molecule has 3 rings (SSSR count). The first-order valence-corrected chi connectivity index (χ1v) is 6.42. The van der Waals surface area contributed by atoms with Crippen LogP contribution >= 0.6 is 0 Å². The molecule has 0 aromatic heterocycles. The fraction of sp³-hybridized carbons (Fsp3) is 0.692. The molecule has 0 aromatic rings. The zero-order chi connectivity index (χ0) is 12.0. The van der Waals surface area contributed by atoms with Crippen LogP contribution in [0.1, 0.15) is 12.8 Å². The van der Waals surface area contributed by atoms with Crippen LogP contribution in [0.25, 0.3) is 0 Å². The van der Waals surface area contributed by atoms with Gasteiger partial charge in [0.2, 0.25) is 11.8 Å². The van der Waals surface area contributed by atoms with E-state index in [0.29, 0.717) is 18.4 Å². The number of carbonyl (C=O) groups excluding carboxylic acids is 2. The maximum absolute atomic E-state index is 12.2. The van der Waals surface area contributed by atoms with Gasteiger partial charge < -0.3 is 5.32 Å². The van der Waals surface area contributed by atoms with Crippen molar-refractivity contribution in [2.45, 2.75) is 12.8 Å². The number of allylic oxidation sites excluding steroid dienone is 2. The molecule has 0 aromatic carbocycles. The van der Waals surface area contributed by atoms with Crippen LogP contribution in [0.5, 0.6) is 0 Å². The maximum Gasteiger partial charge on any atom is 0.233 e. The predicted molar refractivity (Wildman–Crippen MR) is 63.0 cm³/mol. The van der Waals surface area contributed by atoms with Gasteiger partial charge in [0.25, 0.3) is 0 Å². The van der Waals surface area contributed by atoms with E-state index in [1.54, 1.807) is 0 Å². The Labute approximate surface area is 101 Å². The third kappa shape index (κ3) is 1.47. The number of hydrogen-bond acceptors (Lipinski definition) is 3. The molecule has 1 aliphatic heterocycles. The summed E-state index contributed by atoms with van der Waals surface area (Å²) in [5, 5.41) is 3.04. The summed E-state index contributed by atoms with van der Waals surface area (Å²) >= 11 is 0. The van der Waals surface area contributed by atoms with E-state index in [4.69, 9.17) is 0 Å². The number of fused-ring (bicyclic) bond motifs is 5. The summed E-state index contributed by atoms with van der Waals surface area (Å²) in [6, 6.07) is 0. The highest BCUT2D eigenvalue weighted by Gasteiger charge is 2.58. The highest BCUT2D eigenvalue weighted by atomic mass is 16.2. The molecule has 1 heterocycles. The molecular weight excluding hydrogens is 216 g/mol. The third-order valence-corrected chi connectivity index (χ3v) is 4.37. The summed E-state index contributed by atoms with van der Waals surface area (Å²) < 4.78 is 0. The van der Waals surface area contributed by atoms with Crippen molar-refractivity contribution >= 4 is 11.8 Å². The molecule has 17 heavy (non-hydrogen) atoms. The molecule has 1 N–H and O–H groups in total. The van der Waals surface area contributed by atoms with Gasteiger partial charge in [0.1, 0.15) is 0 Å². The number of nitrogens with one attached hydrogen (secondary N) is 1. The molecule has 3 aliphatic rings. The number of nitrogens with zero attached hydrogens (tertiary/aromatic N) is 1. The van der Waals surface area contributed by atoms with Crippen molar-refractivity contribution in [3.8, 4) is 0 Å². The number of rotatable bonds is 4. The van der Waals surface area contributed by atoms with Gasteiger partial charge in [-0.3, -0.25) is 14.5 Å². The van der Waals surface area contributed by atoms with Gasteiger partial charge in [-0.25, -0.2) is 0 Å². The van der Waals surface area contributed by atoms with E-state index in [1.165, 1.54) is 4.90 Å². The number of imide groups is 1. The van der Waals surface area contributed by atoms with Crippen LogP contribution in [0.4, 0.5) is 0 Å². The van der Waals surface area contributed by atoms with Crippen molar-refractivity contribution in [1.29, 1.82) is 0 Å². The normalized spacial score (nSPS) is 38.3. The van der Waals surface area contributed by atoms with Crippen molar-refractivity contribution in [3.05, 3.63) is 12.2 Å². The van der Waals surface area contributed by atoms with Gasteiger partial charge >= 0.3 is 0 Å². The van der Waals surface area contributed by atoms with E-state index in [2.05, 4.69) is 17.5 Å². The topological polar surface area (TPSA) is 49.4 Å². The second-order valence-corrected chi connectivity index (χ2v) is 5.29. The van der Waals surface area contributed by atoms with Gasteiger partial charge in [0.05, 0.1) is 11.8 Å². The maximum atomic E-state index is 12.2. The summed E-state index contributed by atoms with van der Waals surface area (Å²) in [4.78, 5) is 26.0. The second-order valence-electron chi connectivity index (χ2n) is 5.29. The molecule has 2 aliphatic carbocycles. The molecule has 4 atom stereocenters.